The molecule has 8 heteroatoms. The monoisotopic (exact) mass is 253 g/mol. The highest BCUT2D eigenvalue weighted by molar-refractivity contribution is 6.63. The fourth-order valence-corrected chi connectivity index (χ4v) is 1.81. The van der Waals surface area contributed by atoms with Gasteiger partial charge in [-0.2, -0.15) is 0 Å². The summed E-state index contributed by atoms with van der Waals surface area (Å²) >= 11 is 0. The predicted molar refractivity (Wildman–Crippen MR) is 65.6 cm³/mol. The van der Waals surface area contributed by atoms with Crippen molar-refractivity contribution in [1.82, 2.24) is 9.78 Å². The van der Waals surface area contributed by atoms with Crippen LogP contribution in [0.25, 0.3) is 0 Å². The smallest absolute Gasteiger partial charge is 0.399 e. The van der Waals surface area contributed by atoms with E-state index in [0.717, 1.165) is 0 Å². The third-order valence-electron chi connectivity index (χ3n) is 3.61. The Kier molecular flexibility index (Phi) is 2.75. The minimum absolute atomic E-state index is 0.103. The summed E-state index contributed by atoms with van der Waals surface area (Å²) in [6.07, 6.45) is 1.42. The molecule has 0 aliphatic carbocycles. The van der Waals surface area contributed by atoms with E-state index in [9.17, 15) is 10.1 Å². The van der Waals surface area contributed by atoms with Crippen LogP contribution in [-0.2, 0) is 16.4 Å². The molecule has 1 saturated heterocycles. The molecule has 1 aromatic rings. The number of hydrogen-bond donors (Lipinski definition) is 0. The lowest BCUT2D eigenvalue weighted by Gasteiger charge is -2.32. The van der Waals surface area contributed by atoms with E-state index in [-0.39, 0.29) is 5.82 Å². The lowest BCUT2D eigenvalue weighted by Crippen LogP contribution is -2.41. The first-order valence-corrected chi connectivity index (χ1v) is 5.67. The van der Waals surface area contributed by atoms with Gasteiger partial charge in [-0.25, -0.2) is 0 Å². The van der Waals surface area contributed by atoms with E-state index >= 15 is 0 Å². The fraction of sp³-hybridized carbons (Fsp3) is 0.700. The second-order valence-corrected chi connectivity index (χ2v) is 5.39. The van der Waals surface area contributed by atoms with Crippen LogP contribution >= 0.6 is 0 Å². The maximum Gasteiger partial charge on any atom is 0.505 e. The van der Waals surface area contributed by atoms with Crippen LogP contribution in [0.3, 0.4) is 0 Å². The van der Waals surface area contributed by atoms with Crippen molar-refractivity contribution in [3.8, 4) is 0 Å². The van der Waals surface area contributed by atoms with Gasteiger partial charge in [0.15, 0.2) is 0 Å². The number of nitro groups is 1. The summed E-state index contributed by atoms with van der Waals surface area (Å²) in [5, 5.41) is 14.9. The molecule has 2 rings (SSSR count). The Bertz CT molecular complexity index is 481. The molecule has 0 radical (unpaired) electrons. The Balaban J connectivity index is 2.39. The van der Waals surface area contributed by atoms with Crippen molar-refractivity contribution in [3.05, 3.63) is 16.3 Å². The van der Waals surface area contributed by atoms with Crippen molar-refractivity contribution in [2.24, 2.45) is 7.05 Å². The summed E-state index contributed by atoms with van der Waals surface area (Å²) < 4.78 is 12.8. The van der Waals surface area contributed by atoms with Crippen LogP contribution < -0.4 is 5.46 Å². The van der Waals surface area contributed by atoms with Gasteiger partial charge in [0.25, 0.3) is 0 Å². The van der Waals surface area contributed by atoms with E-state index in [0.29, 0.717) is 5.46 Å². The highest BCUT2D eigenvalue weighted by Crippen LogP contribution is 2.37. The lowest BCUT2D eigenvalue weighted by molar-refractivity contribution is -0.391. The molecule has 0 N–H and O–H groups in total. The summed E-state index contributed by atoms with van der Waals surface area (Å²) in [6.45, 7) is 7.59. The first-order chi connectivity index (χ1) is 8.16. The SMILES string of the molecule is Cn1ncc(B2OC(C)(C)C(C)(C)O2)c1[N+](=O)[O-]. The molecule has 0 spiro atoms. The number of aryl methyl sites for hydroxylation is 1. The van der Waals surface area contributed by atoms with Crippen LogP contribution in [0.4, 0.5) is 5.82 Å². The second-order valence-electron chi connectivity index (χ2n) is 5.39. The standard InChI is InChI=1S/C10H16BN3O4/c1-9(2)10(3,4)18-11(17-9)7-6-12-13(5)8(7)14(15)16/h6H,1-5H3. The minimum Gasteiger partial charge on any atom is -0.399 e. The molecule has 0 bridgehead atoms. The molecule has 2 heterocycles. The van der Waals surface area contributed by atoms with Crippen LogP contribution in [-0.4, -0.2) is 33.0 Å². The summed E-state index contributed by atoms with van der Waals surface area (Å²) in [5.74, 6) is -0.103. The third-order valence-corrected chi connectivity index (χ3v) is 3.61. The molecule has 0 atom stereocenters. The number of nitrogens with zero attached hydrogens (tertiary/aromatic N) is 3. The van der Waals surface area contributed by atoms with Gasteiger partial charge in [-0.1, -0.05) is 5.10 Å². The van der Waals surface area contributed by atoms with Crippen LogP contribution in [0, 0.1) is 10.1 Å². The van der Waals surface area contributed by atoms with Gasteiger partial charge in [-0.3, -0.25) is 0 Å². The van der Waals surface area contributed by atoms with Crippen LogP contribution in [0.1, 0.15) is 27.7 Å². The molecule has 18 heavy (non-hydrogen) atoms. The zero-order valence-electron chi connectivity index (χ0n) is 11.1. The topological polar surface area (TPSA) is 79.4 Å². The van der Waals surface area contributed by atoms with E-state index in [2.05, 4.69) is 5.10 Å². The molecule has 0 aromatic carbocycles. The number of hydrogen-bond acceptors (Lipinski definition) is 5. The van der Waals surface area contributed by atoms with Crippen LogP contribution in [0.5, 0.6) is 0 Å². The van der Waals surface area contributed by atoms with Gasteiger partial charge in [0.2, 0.25) is 0 Å². The van der Waals surface area contributed by atoms with Gasteiger partial charge in [0.1, 0.15) is 12.5 Å². The Labute approximate surface area is 105 Å². The summed E-state index contributed by atoms with van der Waals surface area (Å²) in [5.41, 5.74) is -0.705. The first-order valence-electron chi connectivity index (χ1n) is 5.67. The second kappa shape index (κ2) is 3.79. The minimum atomic E-state index is -0.760. The van der Waals surface area contributed by atoms with Crippen molar-refractivity contribution in [2.45, 2.75) is 38.9 Å². The van der Waals surface area contributed by atoms with E-state index in [4.69, 9.17) is 9.31 Å². The first kappa shape index (κ1) is 13.0. The summed E-state index contributed by atoms with van der Waals surface area (Å²) in [4.78, 5) is 10.5. The molecule has 0 amide bonds. The Hall–Kier alpha value is -1.41. The Morgan fingerprint density at radius 3 is 2.28 bits per heavy atom. The molecule has 98 valence electrons. The van der Waals surface area contributed by atoms with E-state index in [1.165, 1.54) is 17.9 Å². The van der Waals surface area contributed by atoms with Crippen LogP contribution in [0.2, 0.25) is 0 Å². The average Bonchev–Trinajstić information content (AvgIpc) is 2.66. The fourth-order valence-electron chi connectivity index (χ4n) is 1.81. The third kappa shape index (κ3) is 1.81. The van der Waals surface area contributed by atoms with Gasteiger partial charge < -0.3 is 19.4 Å². The van der Waals surface area contributed by atoms with Crippen molar-refractivity contribution < 1.29 is 14.2 Å². The van der Waals surface area contributed by atoms with Gasteiger partial charge in [-0.15, -0.1) is 4.68 Å². The van der Waals surface area contributed by atoms with Crippen molar-refractivity contribution in [1.29, 1.82) is 0 Å². The highest BCUT2D eigenvalue weighted by Gasteiger charge is 2.54. The molecule has 0 saturated carbocycles. The molecule has 1 aromatic heterocycles. The van der Waals surface area contributed by atoms with Gasteiger partial charge in [0, 0.05) is 0 Å². The zero-order valence-corrected chi connectivity index (χ0v) is 11.1. The predicted octanol–water partition coefficient (Wildman–Crippen LogP) is 0.627. The molecular weight excluding hydrogens is 237 g/mol. The molecule has 7 nitrogen and oxygen atoms in total. The maximum absolute atomic E-state index is 11.0. The summed E-state index contributed by atoms with van der Waals surface area (Å²) in [7, 11) is 0.761. The van der Waals surface area contributed by atoms with Gasteiger partial charge in [-0.05, 0) is 32.6 Å². The molecule has 1 aliphatic heterocycles. The Morgan fingerprint density at radius 1 is 1.33 bits per heavy atom. The van der Waals surface area contributed by atoms with Gasteiger partial charge >= 0.3 is 12.9 Å². The zero-order chi connectivity index (χ0) is 13.7. The molecule has 1 fully saturated rings. The van der Waals surface area contributed by atoms with Crippen molar-refractivity contribution in [3.63, 3.8) is 0 Å². The highest BCUT2D eigenvalue weighted by atomic mass is 16.7. The lowest BCUT2D eigenvalue weighted by atomic mass is 9.81. The Morgan fingerprint density at radius 2 is 1.83 bits per heavy atom. The van der Waals surface area contributed by atoms with E-state index in [1.54, 1.807) is 0 Å². The normalized spacial score (nSPS) is 21.3. The summed E-state index contributed by atoms with van der Waals surface area (Å²) in [6, 6.07) is 0. The molecular formula is C10H16BN3O4. The van der Waals surface area contributed by atoms with Crippen LogP contribution in [0.15, 0.2) is 6.20 Å². The number of aromatic nitrogens is 2. The van der Waals surface area contributed by atoms with Crippen molar-refractivity contribution >= 4 is 18.4 Å². The largest absolute Gasteiger partial charge is 0.505 e. The van der Waals surface area contributed by atoms with E-state index in [1.807, 2.05) is 27.7 Å². The van der Waals surface area contributed by atoms with Crippen molar-refractivity contribution in [2.75, 3.05) is 0 Å². The average molecular weight is 253 g/mol. The molecule has 1 aliphatic rings. The quantitative estimate of drug-likeness (QED) is 0.438. The molecule has 0 unspecified atom stereocenters. The number of rotatable bonds is 2. The van der Waals surface area contributed by atoms with Gasteiger partial charge in [0.05, 0.1) is 17.4 Å². The maximum atomic E-state index is 11.0. The van der Waals surface area contributed by atoms with E-state index < -0.39 is 23.2 Å².